The predicted molar refractivity (Wildman–Crippen MR) is 95.6 cm³/mol. The molecule has 2 nitrogen and oxygen atoms in total. The molecule has 2 aromatic carbocycles. The van der Waals surface area contributed by atoms with Crippen molar-refractivity contribution in [1.29, 1.82) is 0 Å². The lowest BCUT2D eigenvalue weighted by molar-refractivity contribution is 0.158. The molecular formula is C20H24FNO. The summed E-state index contributed by atoms with van der Waals surface area (Å²) in [5.41, 5.74) is 4.91. The van der Waals surface area contributed by atoms with Gasteiger partial charge in [0.1, 0.15) is 17.2 Å². The summed E-state index contributed by atoms with van der Waals surface area (Å²) in [5, 5.41) is 3.16. The third kappa shape index (κ3) is 3.24. The van der Waals surface area contributed by atoms with E-state index in [0.717, 1.165) is 33.7 Å². The summed E-state index contributed by atoms with van der Waals surface area (Å²) >= 11 is 0. The molecule has 1 aliphatic rings. The molecule has 23 heavy (non-hydrogen) atoms. The standard InChI is InChI=1S/C19H20FNO.CH4/c1-12-9-15(21-4)10-17-18(12)16(11-19(2,3)22-17)13-5-7-14(20)8-6-13;/h5-11,21H,1-4H3;1H4. The van der Waals surface area contributed by atoms with E-state index in [9.17, 15) is 4.39 Å². The molecule has 0 saturated carbocycles. The number of hydrogen-bond acceptors (Lipinski definition) is 2. The summed E-state index contributed by atoms with van der Waals surface area (Å²) in [6, 6.07) is 10.7. The molecule has 1 N–H and O–H groups in total. The molecule has 0 bridgehead atoms. The van der Waals surface area contributed by atoms with E-state index < -0.39 is 5.60 Å². The lowest BCUT2D eigenvalue weighted by Gasteiger charge is -2.32. The Kier molecular flexibility index (Phi) is 4.51. The highest BCUT2D eigenvalue weighted by atomic mass is 19.1. The van der Waals surface area contributed by atoms with Gasteiger partial charge >= 0.3 is 0 Å². The molecular weight excluding hydrogens is 289 g/mol. The van der Waals surface area contributed by atoms with Crippen LogP contribution in [0.4, 0.5) is 10.1 Å². The Morgan fingerprint density at radius 1 is 1.09 bits per heavy atom. The van der Waals surface area contributed by atoms with Crippen LogP contribution in [-0.2, 0) is 0 Å². The molecule has 0 spiro atoms. The zero-order valence-electron chi connectivity index (χ0n) is 13.3. The molecule has 2 aromatic rings. The van der Waals surface area contributed by atoms with Crippen LogP contribution in [0, 0.1) is 12.7 Å². The first-order valence-electron chi connectivity index (χ1n) is 7.40. The van der Waals surface area contributed by atoms with E-state index in [-0.39, 0.29) is 13.2 Å². The lowest BCUT2D eigenvalue weighted by atomic mass is 9.87. The minimum atomic E-state index is -0.407. The maximum absolute atomic E-state index is 13.2. The first kappa shape index (κ1) is 17.1. The highest BCUT2D eigenvalue weighted by Gasteiger charge is 2.28. The average molecular weight is 313 g/mol. The molecule has 0 amide bonds. The van der Waals surface area contributed by atoms with Gasteiger partial charge in [-0.3, -0.25) is 0 Å². The van der Waals surface area contributed by atoms with E-state index >= 15 is 0 Å². The van der Waals surface area contributed by atoms with Gasteiger partial charge in [-0.25, -0.2) is 4.39 Å². The second kappa shape index (κ2) is 6.07. The number of ether oxygens (including phenoxy) is 1. The maximum Gasteiger partial charge on any atom is 0.130 e. The quantitative estimate of drug-likeness (QED) is 0.800. The summed E-state index contributed by atoms with van der Waals surface area (Å²) in [6.45, 7) is 6.13. The lowest BCUT2D eigenvalue weighted by Crippen LogP contribution is -2.29. The van der Waals surface area contributed by atoms with Crippen molar-refractivity contribution in [3.63, 3.8) is 0 Å². The molecule has 3 rings (SSSR count). The number of rotatable bonds is 2. The highest BCUT2D eigenvalue weighted by molar-refractivity contribution is 5.87. The van der Waals surface area contributed by atoms with Gasteiger partial charge in [0, 0.05) is 24.4 Å². The first-order chi connectivity index (χ1) is 10.4. The number of benzene rings is 2. The summed E-state index contributed by atoms with van der Waals surface area (Å²) in [7, 11) is 1.89. The molecule has 3 heteroatoms. The molecule has 0 radical (unpaired) electrons. The minimum Gasteiger partial charge on any atom is -0.483 e. The van der Waals surface area contributed by atoms with Crippen LogP contribution in [-0.4, -0.2) is 12.6 Å². The molecule has 0 aliphatic carbocycles. The average Bonchev–Trinajstić information content (AvgIpc) is 2.45. The van der Waals surface area contributed by atoms with Crippen molar-refractivity contribution >= 4 is 11.3 Å². The van der Waals surface area contributed by atoms with Gasteiger partial charge in [0.2, 0.25) is 0 Å². The fourth-order valence-corrected chi connectivity index (χ4v) is 2.91. The Balaban J connectivity index is 0.00000192. The molecule has 0 unspecified atom stereocenters. The smallest absolute Gasteiger partial charge is 0.130 e. The monoisotopic (exact) mass is 313 g/mol. The zero-order chi connectivity index (χ0) is 15.9. The largest absolute Gasteiger partial charge is 0.483 e. The molecule has 1 heterocycles. The van der Waals surface area contributed by atoms with Crippen molar-refractivity contribution in [3.05, 3.63) is 65.0 Å². The Morgan fingerprint density at radius 3 is 2.35 bits per heavy atom. The summed E-state index contributed by atoms with van der Waals surface area (Å²) in [4.78, 5) is 0. The Morgan fingerprint density at radius 2 is 1.74 bits per heavy atom. The first-order valence-corrected chi connectivity index (χ1v) is 7.40. The number of anilines is 1. The van der Waals surface area contributed by atoms with Crippen molar-refractivity contribution in [2.75, 3.05) is 12.4 Å². The molecule has 122 valence electrons. The van der Waals surface area contributed by atoms with Crippen LogP contribution < -0.4 is 10.1 Å². The van der Waals surface area contributed by atoms with Crippen LogP contribution in [0.15, 0.2) is 42.5 Å². The predicted octanol–water partition coefficient (Wildman–Crippen LogP) is 5.41. The number of nitrogens with one attached hydrogen (secondary N) is 1. The molecule has 0 saturated heterocycles. The van der Waals surface area contributed by atoms with Crippen LogP contribution in [0.2, 0.25) is 0 Å². The molecule has 0 atom stereocenters. The van der Waals surface area contributed by atoms with Gasteiger partial charge in [0.25, 0.3) is 0 Å². The van der Waals surface area contributed by atoms with Crippen LogP contribution in [0.5, 0.6) is 5.75 Å². The number of aryl methyl sites for hydroxylation is 1. The third-order valence-corrected chi connectivity index (χ3v) is 3.88. The Bertz CT molecular complexity index is 745. The minimum absolute atomic E-state index is 0. The SMILES string of the molecule is C.CNc1cc(C)c2c(c1)OC(C)(C)C=C2c1ccc(F)cc1. The highest BCUT2D eigenvalue weighted by Crippen LogP contribution is 2.42. The maximum atomic E-state index is 13.2. The second-order valence-electron chi connectivity index (χ2n) is 6.19. The van der Waals surface area contributed by atoms with E-state index in [0.29, 0.717) is 0 Å². The summed E-state index contributed by atoms with van der Waals surface area (Å²) in [6.07, 6.45) is 2.11. The normalized spacial score (nSPS) is 14.9. The fourth-order valence-electron chi connectivity index (χ4n) is 2.91. The number of fused-ring (bicyclic) bond motifs is 1. The molecule has 1 aliphatic heterocycles. The van der Waals surface area contributed by atoms with E-state index in [2.05, 4.69) is 24.4 Å². The topological polar surface area (TPSA) is 21.3 Å². The van der Waals surface area contributed by atoms with Gasteiger partial charge in [-0.05, 0) is 61.7 Å². The van der Waals surface area contributed by atoms with Crippen LogP contribution in [0.1, 0.15) is 38.0 Å². The van der Waals surface area contributed by atoms with Crippen LogP contribution in [0.25, 0.3) is 5.57 Å². The third-order valence-electron chi connectivity index (χ3n) is 3.88. The van der Waals surface area contributed by atoms with E-state index in [4.69, 9.17) is 4.74 Å². The van der Waals surface area contributed by atoms with E-state index in [1.807, 2.05) is 39.1 Å². The summed E-state index contributed by atoms with van der Waals surface area (Å²) < 4.78 is 19.4. The Hall–Kier alpha value is -2.29. The van der Waals surface area contributed by atoms with Crippen molar-refractivity contribution in [1.82, 2.24) is 0 Å². The summed E-state index contributed by atoms with van der Waals surface area (Å²) in [5.74, 6) is 0.634. The Labute approximate surface area is 138 Å². The van der Waals surface area contributed by atoms with Crippen molar-refractivity contribution < 1.29 is 9.13 Å². The van der Waals surface area contributed by atoms with Gasteiger partial charge in [-0.15, -0.1) is 0 Å². The van der Waals surface area contributed by atoms with Gasteiger partial charge in [0.15, 0.2) is 0 Å². The van der Waals surface area contributed by atoms with Gasteiger partial charge in [-0.1, -0.05) is 19.6 Å². The van der Waals surface area contributed by atoms with Crippen LogP contribution in [0.3, 0.4) is 0 Å². The van der Waals surface area contributed by atoms with Crippen molar-refractivity contribution in [2.45, 2.75) is 33.8 Å². The van der Waals surface area contributed by atoms with Gasteiger partial charge in [-0.2, -0.15) is 0 Å². The zero-order valence-corrected chi connectivity index (χ0v) is 13.3. The fraction of sp³-hybridized carbons (Fsp3) is 0.300. The molecule has 0 aromatic heterocycles. The second-order valence-corrected chi connectivity index (χ2v) is 6.19. The van der Waals surface area contributed by atoms with Gasteiger partial charge < -0.3 is 10.1 Å². The van der Waals surface area contributed by atoms with Crippen LogP contribution >= 0.6 is 0 Å². The number of hydrogen-bond donors (Lipinski definition) is 1. The van der Waals surface area contributed by atoms with Gasteiger partial charge in [0.05, 0.1) is 0 Å². The molecule has 0 fully saturated rings. The van der Waals surface area contributed by atoms with E-state index in [1.165, 1.54) is 12.1 Å². The number of halogens is 1. The van der Waals surface area contributed by atoms with Crippen molar-refractivity contribution in [2.24, 2.45) is 0 Å². The van der Waals surface area contributed by atoms with Crippen molar-refractivity contribution in [3.8, 4) is 5.75 Å². The van der Waals surface area contributed by atoms with E-state index in [1.54, 1.807) is 0 Å².